The SMILES string of the molecule is CCNC(C(=O)OCC)c1cc(Cl)ccc1Cl. The summed E-state index contributed by atoms with van der Waals surface area (Å²) in [5.41, 5.74) is 0.638. The van der Waals surface area contributed by atoms with Gasteiger partial charge >= 0.3 is 5.97 Å². The van der Waals surface area contributed by atoms with E-state index in [9.17, 15) is 4.79 Å². The molecule has 0 saturated carbocycles. The number of esters is 1. The highest BCUT2D eigenvalue weighted by molar-refractivity contribution is 6.33. The van der Waals surface area contributed by atoms with Crippen LogP contribution in [0.4, 0.5) is 0 Å². The van der Waals surface area contributed by atoms with Gasteiger partial charge < -0.3 is 10.1 Å². The minimum Gasteiger partial charge on any atom is -0.465 e. The zero-order chi connectivity index (χ0) is 12.8. The third-order valence-electron chi connectivity index (χ3n) is 2.20. The molecule has 1 aromatic rings. The van der Waals surface area contributed by atoms with Crippen molar-refractivity contribution < 1.29 is 9.53 Å². The van der Waals surface area contributed by atoms with E-state index in [0.29, 0.717) is 28.8 Å². The Hall–Kier alpha value is -0.770. The largest absolute Gasteiger partial charge is 0.465 e. The average Bonchev–Trinajstić information content (AvgIpc) is 2.30. The summed E-state index contributed by atoms with van der Waals surface area (Å²) < 4.78 is 5.00. The van der Waals surface area contributed by atoms with Crippen LogP contribution in [0.5, 0.6) is 0 Å². The number of ether oxygens (including phenoxy) is 1. The smallest absolute Gasteiger partial charge is 0.327 e. The van der Waals surface area contributed by atoms with Crippen molar-refractivity contribution in [3.63, 3.8) is 0 Å². The molecule has 3 nitrogen and oxygen atoms in total. The third-order valence-corrected chi connectivity index (χ3v) is 2.78. The van der Waals surface area contributed by atoms with Crippen LogP contribution in [0.1, 0.15) is 25.5 Å². The Balaban J connectivity index is 3.04. The summed E-state index contributed by atoms with van der Waals surface area (Å²) in [4.78, 5) is 11.8. The minimum atomic E-state index is -0.578. The van der Waals surface area contributed by atoms with Crippen LogP contribution in [-0.4, -0.2) is 19.1 Å². The monoisotopic (exact) mass is 275 g/mol. The first kappa shape index (κ1) is 14.3. The fourth-order valence-electron chi connectivity index (χ4n) is 1.49. The first-order chi connectivity index (χ1) is 8.10. The van der Waals surface area contributed by atoms with E-state index in [2.05, 4.69) is 5.32 Å². The lowest BCUT2D eigenvalue weighted by molar-refractivity contribution is -0.145. The number of hydrogen-bond acceptors (Lipinski definition) is 3. The van der Waals surface area contributed by atoms with E-state index < -0.39 is 6.04 Å². The summed E-state index contributed by atoms with van der Waals surface area (Å²) in [5, 5.41) is 4.07. The Morgan fingerprint density at radius 3 is 2.71 bits per heavy atom. The van der Waals surface area contributed by atoms with Crippen LogP contribution in [0.2, 0.25) is 10.0 Å². The van der Waals surface area contributed by atoms with Gasteiger partial charge in [0.1, 0.15) is 6.04 Å². The van der Waals surface area contributed by atoms with Crippen LogP contribution < -0.4 is 5.32 Å². The normalized spacial score (nSPS) is 12.2. The number of carbonyl (C=O) groups is 1. The molecular weight excluding hydrogens is 261 g/mol. The molecular formula is C12H15Cl2NO2. The van der Waals surface area contributed by atoms with Gasteiger partial charge in [-0.25, -0.2) is 4.79 Å². The van der Waals surface area contributed by atoms with Gasteiger partial charge in [0, 0.05) is 15.6 Å². The molecule has 0 fully saturated rings. The van der Waals surface area contributed by atoms with Crippen molar-refractivity contribution >= 4 is 29.2 Å². The van der Waals surface area contributed by atoms with Gasteiger partial charge in [-0.2, -0.15) is 0 Å². The summed E-state index contributed by atoms with van der Waals surface area (Å²) in [6.07, 6.45) is 0. The Morgan fingerprint density at radius 1 is 1.41 bits per heavy atom. The van der Waals surface area contributed by atoms with E-state index in [1.54, 1.807) is 25.1 Å². The second-order valence-corrected chi connectivity index (χ2v) is 4.25. The summed E-state index contributed by atoms with van der Waals surface area (Å²) in [6.45, 7) is 4.64. The maximum absolute atomic E-state index is 11.8. The Bertz CT molecular complexity index is 396. The first-order valence-corrected chi connectivity index (χ1v) is 6.20. The molecule has 0 aliphatic rings. The number of halogens is 2. The molecule has 0 heterocycles. The fraction of sp³-hybridized carbons (Fsp3) is 0.417. The molecule has 1 aromatic carbocycles. The van der Waals surface area contributed by atoms with E-state index in [0.717, 1.165) is 0 Å². The topological polar surface area (TPSA) is 38.3 Å². The van der Waals surface area contributed by atoms with Crippen LogP contribution in [-0.2, 0) is 9.53 Å². The van der Waals surface area contributed by atoms with Gasteiger partial charge in [-0.3, -0.25) is 0 Å². The Morgan fingerprint density at radius 2 is 2.12 bits per heavy atom. The predicted octanol–water partition coefficient (Wildman–Crippen LogP) is 3.21. The zero-order valence-corrected chi connectivity index (χ0v) is 11.3. The second-order valence-electron chi connectivity index (χ2n) is 3.41. The van der Waals surface area contributed by atoms with Crippen molar-refractivity contribution in [3.8, 4) is 0 Å². The quantitative estimate of drug-likeness (QED) is 0.839. The first-order valence-electron chi connectivity index (χ1n) is 5.45. The summed E-state index contributed by atoms with van der Waals surface area (Å²) in [6, 6.07) is 4.45. The highest BCUT2D eigenvalue weighted by Gasteiger charge is 2.23. The molecule has 17 heavy (non-hydrogen) atoms. The van der Waals surface area contributed by atoms with Crippen molar-refractivity contribution in [2.75, 3.05) is 13.2 Å². The predicted molar refractivity (Wildman–Crippen MR) is 69.5 cm³/mol. The van der Waals surface area contributed by atoms with E-state index in [4.69, 9.17) is 27.9 Å². The van der Waals surface area contributed by atoms with Crippen molar-refractivity contribution in [2.45, 2.75) is 19.9 Å². The second kappa shape index (κ2) is 6.84. The highest BCUT2D eigenvalue weighted by Crippen LogP contribution is 2.27. The number of likely N-dealkylation sites (N-methyl/N-ethyl adjacent to an activating group) is 1. The summed E-state index contributed by atoms with van der Waals surface area (Å²) in [7, 11) is 0. The Labute approximate surface area is 111 Å². The molecule has 0 bridgehead atoms. The molecule has 1 atom stereocenters. The Kier molecular flexibility index (Phi) is 5.75. The lowest BCUT2D eigenvalue weighted by Gasteiger charge is -2.18. The molecule has 94 valence electrons. The van der Waals surface area contributed by atoms with Crippen molar-refractivity contribution in [1.82, 2.24) is 5.32 Å². The van der Waals surface area contributed by atoms with E-state index in [1.165, 1.54) is 0 Å². The number of rotatable bonds is 5. The third kappa shape index (κ3) is 3.87. The number of carbonyl (C=O) groups excluding carboxylic acids is 1. The van der Waals surface area contributed by atoms with Gasteiger partial charge in [-0.05, 0) is 31.7 Å². The van der Waals surface area contributed by atoms with Gasteiger partial charge in [0.15, 0.2) is 0 Å². The summed E-state index contributed by atoms with van der Waals surface area (Å²) >= 11 is 12.0. The molecule has 0 radical (unpaired) electrons. The molecule has 0 aromatic heterocycles. The van der Waals surface area contributed by atoms with Crippen LogP contribution in [0.3, 0.4) is 0 Å². The van der Waals surface area contributed by atoms with Crippen LogP contribution in [0.15, 0.2) is 18.2 Å². The molecule has 5 heteroatoms. The van der Waals surface area contributed by atoms with Gasteiger partial charge in [0.2, 0.25) is 0 Å². The van der Waals surface area contributed by atoms with Gasteiger partial charge in [-0.1, -0.05) is 30.1 Å². The van der Waals surface area contributed by atoms with Crippen molar-refractivity contribution in [1.29, 1.82) is 0 Å². The van der Waals surface area contributed by atoms with Gasteiger partial charge in [-0.15, -0.1) is 0 Å². The molecule has 1 unspecified atom stereocenters. The number of hydrogen-bond donors (Lipinski definition) is 1. The maximum Gasteiger partial charge on any atom is 0.327 e. The molecule has 0 saturated heterocycles. The van der Waals surface area contributed by atoms with Crippen molar-refractivity contribution in [2.24, 2.45) is 0 Å². The minimum absolute atomic E-state index is 0.332. The molecule has 0 aliphatic carbocycles. The van der Waals surface area contributed by atoms with E-state index in [-0.39, 0.29) is 5.97 Å². The van der Waals surface area contributed by atoms with E-state index in [1.807, 2.05) is 6.92 Å². The van der Waals surface area contributed by atoms with Gasteiger partial charge in [0.25, 0.3) is 0 Å². The molecule has 0 aliphatic heterocycles. The number of nitrogens with one attached hydrogen (secondary N) is 1. The van der Waals surface area contributed by atoms with E-state index >= 15 is 0 Å². The molecule has 0 spiro atoms. The van der Waals surface area contributed by atoms with Gasteiger partial charge in [0.05, 0.1) is 6.61 Å². The van der Waals surface area contributed by atoms with Crippen LogP contribution in [0, 0.1) is 0 Å². The highest BCUT2D eigenvalue weighted by atomic mass is 35.5. The fourth-order valence-corrected chi connectivity index (χ4v) is 1.89. The van der Waals surface area contributed by atoms with Crippen LogP contribution >= 0.6 is 23.2 Å². The molecule has 1 N–H and O–H groups in total. The molecule has 1 rings (SSSR count). The standard InChI is InChI=1S/C12H15Cl2NO2/c1-3-15-11(12(16)17-4-2)9-7-8(13)5-6-10(9)14/h5-7,11,15H,3-4H2,1-2H3. The summed E-state index contributed by atoms with van der Waals surface area (Å²) in [5.74, 6) is -0.349. The lowest BCUT2D eigenvalue weighted by Crippen LogP contribution is -2.30. The average molecular weight is 276 g/mol. The van der Waals surface area contributed by atoms with Crippen molar-refractivity contribution in [3.05, 3.63) is 33.8 Å². The zero-order valence-electron chi connectivity index (χ0n) is 9.80. The maximum atomic E-state index is 11.8. The van der Waals surface area contributed by atoms with Crippen LogP contribution in [0.25, 0.3) is 0 Å². The molecule has 0 amide bonds. The lowest BCUT2D eigenvalue weighted by atomic mass is 10.1. The number of benzene rings is 1.